The van der Waals surface area contributed by atoms with Crippen molar-refractivity contribution in [1.29, 1.82) is 0 Å². The third-order valence-corrected chi connectivity index (χ3v) is 8.01. The third-order valence-electron chi connectivity index (χ3n) is 8.01. The minimum Gasteiger partial charge on any atom is -0.478 e. The summed E-state index contributed by atoms with van der Waals surface area (Å²) in [5, 5.41) is 8.95. The van der Waals surface area contributed by atoms with Crippen LogP contribution in [0.2, 0.25) is 0 Å². The van der Waals surface area contributed by atoms with Gasteiger partial charge in [0.1, 0.15) is 0 Å². The number of hydrogen-bond acceptors (Lipinski definition) is 2. The molecule has 1 saturated heterocycles. The summed E-state index contributed by atoms with van der Waals surface area (Å²) in [4.78, 5) is 10.9. The lowest BCUT2D eigenvalue weighted by Gasteiger charge is -2.59. The number of ether oxygens (including phenoxy) is 1. The quantitative estimate of drug-likeness (QED) is 0.597. The molecule has 0 radical (unpaired) electrons. The highest BCUT2D eigenvalue weighted by Gasteiger charge is 2.71. The van der Waals surface area contributed by atoms with Crippen molar-refractivity contribution in [3.8, 4) is 0 Å². The molecule has 0 amide bonds. The Morgan fingerprint density at radius 3 is 2.61 bits per heavy atom. The summed E-state index contributed by atoms with van der Waals surface area (Å²) in [6.45, 7) is 11.6. The number of carbonyl (C=O) groups is 1. The van der Waals surface area contributed by atoms with Gasteiger partial charge in [0.25, 0.3) is 0 Å². The molecular formula is C20H32O3. The highest BCUT2D eigenvalue weighted by atomic mass is 16.6. The van der Waals surface area contributed by atoms with E-state index >= 15 is 0 Å². The van der Waals surface area contributed by atoms with Gasteiger partial charge < -0.3 is 9.84 Å². The summed E-state index contributed by atoms with van der Waals surface area (Å²) in [6.07, 6.45) is 8.82. The van der Waals surface area contributed by atoms with Gasteiger partial charge in [-0.3, -0.25) is 0 Å². The Kier molecular flexibility index (Phi) is 3.95. The van der Waals surface area contributed by atoms with E-state index in [2.05, 4.69) is 27.7 Å². The second-order valence-electron chi connectivity index (χ2n) is 9.04. The summed E-state index contributed by atoms with van der Waals surface area (Å²) >= 11 is 0. The Morgan fingerprint density at radius 2 is 1.96 bits per heavy atom. The average molecular weight is 320 g/mol. The van der Waals surface area contributed by atoms with Crippen molar-refractivity contribution in [2.24, 2.45) is 22.7 Å². The van der Waals surface area contributed by atoms with Crippen LogP contribution in [0, 0.1) is 22.7 Å². The molecule has 2 aliphatic carbocycles. The van der Waals surface area contributed by atoms with Gasteiger partial charge in [-0.05, 0) is 69.6 Å². The van der Waals surface area contributed by atoms with E-state index in [0.717, 1.165) is 18.4 Å². The third kappa shape index (κ3) is 2.47. The van der Waals surface area contributed by atoms with Crippen molar-refractivity contribution in [3.05, 3.63) is 11.6 Å². The molecule has 0 aromatic carbocycles. The van der Waals surface area contributed by atoms with Gasteiger partial charge in [-0.25, -0.2) is 4.79 Å². The smallest absolute Gasteiger partial charge is 0.328 e. The van der Waals surface area contributed by atoms with Gasteiger partial charge in [0.05, 0.1) is 11.7 Å². The van der Waals surface area contributed by atoms with E-state index in [1.165, 1.54) is 31.8 Å². The van der Waals surface area contributed by atoms with Gasteiger partial charge >= 0.3 is 5.97 Å². The van der Waals surface area contributed by atoms with Crippen LogP contribution in [-0.2, 0) is 9.53 Å². The van der Waals surface area contributed by atoms with E-state index in [0.29, 0.717) is 17.9 Å². The minimum absolute atomic E-state index is 0.0866. The highest BCUT2D eigenvalue weighted by Crippen LogP contribution is 2.70. The van der Waals surface area contributed by atoms with E-state index < -0.39 is 5.97 Å². The lowest BCUT2D eigenvalue weighted by Crippen LogP contribution is -2.56. The first-order chi connectivity index (χ1) is 10.6. The maximum absolute atomic E-state index is 10.9. The number of carboxylic acids is 1. The first kappa shape index (κ1) is 17.0. The Balaban J connectivity index is 1.82. The molecule has 0 bridgehead atoms. The molecule has 3 rings (SSSR count). The van der Waals surface area contributed by atoms with E-state index in [4.69, 9.17) is 9.84 Å². The molecule has 3 nitrogen and oxygen atoms in total. The normalized spacial score (nSPS) is 49.3. The maximum atomic E-state index is 10.9. The molecule has 0 spiro atoms. The second-order valence-corrected chi connectivity index (χ2v) is 9.04. The van der Waals surface area contributed by atoms with Gasteiger partial charge in [-0.1, -0.05) is 26.3 Å². The Bertz CT molecular complexity index is 539. The maximum Gasteiger partial charge on any atom is 0.328 e. The summed E-state index contributed by atoms with van der Waals surface area (Å²) in [5.74, 6) is 0.547. The molecule has 0 unspecified atom stereocenters. The lowest BCUT2D eigenvalue weighted by atomic mass is 9.44. The van der Waals surface area contributed by atoms with Gasteiger partial charge in [0.15, 0.2) is 0 Å². The summed E-state index contributed by atoms with van der Waals surface area (Å²) in [7, 11) is 0. The zero-order chi connectivity index (χ0) is 17.0. The Morgan fingerprint density at radius 1 is 1.26 bits per heavy atom. The molecule has 3 heteroatoms. The van der Waals surface area contributed by atoms with E-state index in [-0.39, 0.29) is 16.4 Å². The van der Waals surface area contributed by atoms with Crippen molar-refractivity contribution in [2.45, 2.75) is 84.8 Å². The molecule has 130 valence electrons. The van der Waals surface area contributed by atoms with Crippen LogP contribution < -0.4 is 0 Å². The number of carboxylic acid groups (broad SMARTS) is 1. The van der Waals surface area contributed by atoms with Crippen LogP contribution in [-0.4, -0.2) is 22.8 Å². The minimum atomic E-state index is -0.825. The summed E-state index contributed by atoms with van der Waals surface area (Å²) < 4.78 is 6.16. The van der Waals surface area contributed by atoms with E-state index in [9.17, 15) is 4.79 Å². The largest absolute Gasteiger partial charge is 0.478 e. The number of epoxide rings is 1. The molecule has 0 aromatic heterocycles. The second kappa shape index (κ2) is 5.34. The Labute approximate surface area is 140 Å². The van der Waals surface area contributed by atoms with Gasteiger partial charge in [0.2, 0.25) is 0 Å². The highest BCUT2D eigenvalue weighted by molar-refractivity contribution is 5.80. The van der Waals surface area contributed by atoms with Crippen LogP contribution in [0.25, 0.3) is 0 Å². The molecule has 1 aliphatic heterocycles. The number of fused-ring (bicyclic) bond motifs is 3. The van der Waals surface area contributed by atoms with Crippen LogP contribution in [0.4, 0.5) is 0 Å². The molecule has 6 atom stereocenters. The molecule has 3 aliphatic rings. The monoisotopic (exact) mass is 320 g/mol. The van der Waals surface area contributed by atoms with E-state index in [1.807, 2.05) is 6.92 Å². The van der Waals surface area contributed by atoms with Crippen LogP contribution >= 0.6 is 0 Å². The summed E-state index contributed by atoms with van der Waals surface area (Å²) in [5.41, 5.74) is 1.63. The van der Waals surface area contributed by atoms with Gasteiger partial charge in [-0.2, -0.15) is 0 Å². The fraction of sp³-hybridized carbons (Fsp3) is 0.850. The van der Waals surface area contributed by atoms with E-state index in [1.54, 1.807) is 0 Å². The SMILES string of the molecule is C/C(=C\C(=O)O)CC[C@]1(C)[C@@H](C)CC[C@@]2(C)[C@H]1CC[C@H]1O[C@]12C. The molecule has 1 heterocycles. The topological polar surface area (TPSA) is 49.8 Å². The average Bonchev–Trinajstić information content (AvgIpc) is 3.14. The fourth-order valence-electron chi connectivity index (χ4n) is 5.92. The zero-order valence-electron chi connectivity index (χ0n) is 15.3. The predicted molar refractivity (Wildman–Crippen MR) is 91.2 cm³/mol. The van der Waals surface area contributed by atoms with Crippen molar-refractivity contribution in [3.63, 3.8) is 0 Å². The van der Waals surface area contributed by atoms with Crippen LogP contribution in [0.1, 0.15) is 73.1 Å². The fourth-order valence-corrected chi connectivity index (χ4v) is 5.92. The van der Waals surface area contributed by atoms with Crippen molar-refractivity contribution in [2.75, 3.05) is 0 Å². The number of aliphatic carboxylic acids is 1. The molecule has 3 fully saturated rings. The molecule has 23 heavy (non-hydrogen) atoms. The van der Waals surface area contributed by atoms with Gasteiger partial charge in [0, 0.05) is 11.5 Å². The molecule has 0 aromatic rings. The Hall–Kier alpha value is -0.830. The lowest BCUT2D eigenvalue weighted by molar-refractivity contribution is -0.131. The van der Waals surface area contributed by atoms with Gasteiger partial charge in [-0.15, -0.1) is 0 Å². The van der Waals surface area contributed by atoms with Crippen LogP contribution in [0.3, 0.4) is 0 Å². The molecule has 1 N–H and O–H groups in total. The molecule has 2 saturated carbocycles. The molecular weight excluding hydrogens is 288 g/mol. The van der Waals surface area contributed by atoms with Crippen molar-refractivity contribution in [1.82, 2.24) is 0 Å². The van der Waals surface area contributed by atoms with Crippen LogP contribution in [0.5, 0.6) is 0 Å². The first-order valence-electron chi connectivity index (χ1n) is 9.21. The first-order valence-corrected chi connectivity index (χ1v) is 9.21. The predicted octanol–water partition coefficient (Wildman–Crippen LogP) is 4.81. The number of allylic oxidation sites excluding steroid dienone is 1. The number of rotatable bonds is 4. The summed E-state index contributed by atoms with van der Waals surface area (Å²) in [6, 6.07) is 0. The van der Waals surface area contributed by atoms with Crippen molar-refractivity contribution < 1.29 is 14.6 Å². The standard InChI is InChI=1S/C20H32O3/c1-13(12-17(21)22)8-10-18(3)14(2)9-11-19(4)15(18)6-7-16-20(19,5)23-16/h12,14-16H,6-11H2,1-5H3,(H,21,22)/b13-12+/t14-,15-,16+,18+,19-,20+/m0/s1. The van der Waals surface area contributed by atoms with Crippen LogP contribution in [0.15, 0.2) is 11.6 Å². The number of hydrogen-bond donors (Lipinski definition) is 1. The zero-order valence-corrected chi connectivity index (χ0v) is 15.3. The van der Waals surface area contributed by atoms with Crippen molar-refractivity contribution >= 4 is 5.97 Å².